The molecule has 1 atom stereocenters. The molecule has 0 fully saturated rings. The van der Waals surface area contributed by atoms with Crippen molar-refractivity contribution in [2.45, 2.75) is 6.92 Å². The van der Waals surface area contributed by atoms with Gasteiger partial charge in [-0.1, -0.05) is 0 Å². The molecule has 5 heteroatoms. The van der Waals surface area contributed by atoms with Crippen molar-refractivity contribution in [2.75, 3.05) is 12.0 Å². The van der Waals surface area contributed by atoms with E-state index in [0.29, 0.717) is 0 Å². The van der Waals surface area contributed by atoms with Gasteiger partial charge in [0.1, 0.15) is 17.3 Å². The Hall–Kier alpha value is -0.710. The second-order valence-electron chi connectivity index (χ2n) is 1.81. The predicted octanol–water partition coefficient (Wildman–Crippen LogP) is -1.96. The fourth-order valence-electron chi connectivity index (χ4n) is 0.458. The van der Waals surface area contributed by atoms with Crippen molar-refractivity contribution < 1.29 is 14.7 Å². The number of carboxylic acids is 1. The van der Waals surface area contributed by atoms with Gasteiger partial charge in [0.25, 0.3) is 5.91 Å². The molecule has 0 saturated carbocycles. The zero-order valence-electron chi connectivity index (χ0n) is 5.84. The van der Waals surface area contributed by atoms with Crippen molar-refractivity contribution in [1.82, 2.24) is 4.72 Å². The van der Waals surface area contributed by atoms with Crippen LogP contribution < -0.4 is 9.83 Å². The van der Waals surface area contributed by atoms with Crippen LogP contribution in [0.15, 0.2) is 0 Å². The number of aliphatic carboxylic acids is 1. The van der Waals surface area contributed by atoms with E-state index in [9.17, 15) is 14.7 Å². The van der Waals surface area contributed by atoms with Crippen LogP contribution in [0.5, 0.6) is 0 Å². The van der Waals surface area contributed by atoms with E-state index < -0.39 is 17.1 Å². The van der Waals surface area contributed by atoms with Crippen LogP contribution in [-0.4, -0.2) is 23.9 Å². The Morgan fingerprint density at radius 1 is 1.60 bits per heavy atom. The summed E-state index contributed by atoms with van der Waals surface area (Å²) in [6.07, 6.45) is 1.64. The van der Waals surface area contributed by atoms with E-state index in [-0.39, 0.29) is 11.7 Å². The van der Waals surface area contributed by atoms with Gasteiger partial charge in [-0.05, 0) is 0 Å². The van der Waals surface area contributed by atoms with Crippen LogP contribution in [0.4, 0.5) is 0 Å². The highest BCUT2D eigenvalue weighted by Gasteiger charge is 2.11. The lowest BCUT2D eigenvalue weighted by Crippen LogP contribution is -2.38. The smallest absolute Gasteiger partial charge is 0.257 e. The highest BCUT2D eigenvalue weighted by Crippen LogP contribution is 1.82. The molecule has 0 aliphatic rings. The number of carboxylic acid groups (broad SMARTS) is 1. The maximum absolute atomic E-state index is 10.3. The van der Waals surface area contributed by atoms with Gasteiger partial charge in [0.15, 0.2) is 5.75 Å². The number of rotatable bonds is 3. The largest absolute Gasteiger partial charge is 0.545 e. The normalized spacial score (nSPS) is 12.2. The average Bonchev–Trinajstić information content (AvgIpc) is 1.58. The lowest BCUT2D eigenvalue weighted by atomic mass is 10.8. The summed E-state index contributed by atoms with van der Waals surface area (Å²) in [6.45, 7) is 1.35. The third-order valence-electron chi connectivity index (χ3n) is 0.652. The Bertz CT molecular complexity index is 132. The van der Waals surface area contributed by atoms with E-state index in [1.165, 1.54) is 6.92 Å². The molecule has 0 heterocycles. The molecule has 0 bridgehead atoms. The molecule has 0 radical (unpaired) electrons. The van der Waals surface area contributed by atoms with Crippen LogP contribution in [0, 0.1) is 0 Å². The Morgan fingerprint density at radius 2 is 2.10 bits per heavy atom. The minimum absolute atomic E-state index is 0.112. The Morgan fingerprint density at radius 3 is 2.40 bits per heavy atom. The van der Waals surface area contributed by atoms with E-state index in [0.717, 1.165) is 0 Å². The standard InChI is InChI=1S/C5H9NO3S/c1-4(7)6-10(2)3-5(8)9/h3H2,1-2H3,(H-,6,7,8,9). The SMILES string of the molecule is CC(=O)N[S+](C)CC(=O)[O-]. The molecular weight excluding hydrogens is 154 g/mol. The lowest BCUT2D eigenvalue weighted by Gasteiger charge is -2.01. The van der Waals surface area contributed by atoms with Gasteiger partial charge in [0.05, 0.1) is 5.97 Å². The van der Waals surface area contributed by atoms with Gasteiger partial charge in [-0.3, -0.25) is 4.79 Å². The van der Waals surface area contributed by atoms with Crippen molar-refractivity contribution in [3.05, 3.63) is 0 Å². The highest BCUT2D eigenvalue weighted by molar-refractivity contribution is 7.95. The molecule has 0 saturated heterocycles. The molecule has 0 aromatic rings. The number of nitrogens with one attached hydrogen (secondary N) is 1. The number of amides is 1. The molecule has 10 heavy (non-hydrogen) atoms. The second kappa shape index (κ2) is 4.16. The average molecular weight is 163 g/mol. The van der Waals surface area contributed by atoms with E-state index in [1.54, 1.807) is 6.26 Å². The van der Waals surface area contributed by atoms with Crippen LogP contribution in [-0.2, 0) is 20.7 Å². The number of carbonyl (C=O) groups excluding carboxylic acids is 2. The monoisotopic (exact) mass is 163 g/mol. The van der Waals surface area contributed by atoms with Crippen molar-refractivity contribution >= 4 is 23.0 Å². The van der Waals surface area contributed by atoms with Gasteiger partial charge in [-0.15, -0.1) is 0 Å². The Kier molecular flexibility index (Phi) is 3.87. The van der Waals surface area contributed by atoms with Crippen LogP contribution in [0.3, 0.4) is 0 Å². The van der Waals surface area contributed by atoms with E-state index in [4.69, 9.17) is 0 Å². The molecule has 0 aliphatic carbocycles. The summed E-state index contributed by atoms with van der Waals surface area (Å²) in [6, 6.07) is 0. The van der Waals surface area contributed by atoms with Gasteiger partial charge in [-0.25, -0.2) is 0 Å². The van der Waals surface area contributed by atoms with Crippen LogP contribution in [0.25, 0.3) is 0 Å². The van der Waals surface area contributed by atoms with E-state index >= 15 is 0 Å². The quantitative estimate of drug-likeness (QED) is 0.491. The van der Waals surface area contributed by atoms with E-state index in [1.807, 2.05) is 0 Å². The summed E-state index contributed by atoms with van der Waals surface area (Å²) in [5, 5.41) is 9.94. The van der Waals surface area contributed by atoms with Crippen molar-refractivity contribution in [3.8, 4) is 0 Å². The molecule has 0 aliphatic heterocycles. The van der Waals surface area contributed by atoms with Crippen LogP contribution in [0.2, 0.25) is 0 Å². The zero-order chi connectivity index (χ0) is 8.15. The predicted molar refractivity (Wildman–Crippen MR) is 37.0 cm³/mol. The Balaban J connectivity index is 3.53. The molecule has 58 valence electrons. The maximum atomic E-state index is 10.3. The van der Waals surface area contributed by atoms with Gasteiger partial charge in [-0.2, -0.15) is 4.72 Å². The minimum atomic E-state index is -1.14. The molecule has 1 unspecified atom stereocenters. The van der Waals surface area contributed by atoms with E-state index in [2.05, 4.69) is 4.72 Å². The van der Waals surface area contributed by atoms with Crippen LogP contribution in [0.1, 0.15) is 6.92 Å². The fourth-order valence-corrected chi connectivity index (χ4v) is 1.37. The number of hydrogen-bond acceptors (Lipinski definition) is 3. The summed E-state index contributed by atoms with van der Waals surface area (Å²) >= 11 is -0.592. The van der Waals surface area contributed by atoms with Gasteiger partial charge < -0.3 is 9.90 Å². The van der Waals surface area contributed by atoms with Crippen molar-refractivity contribution in [2.24, 2.45) is 0 Å². The first-order chi connectivity index (χ1) is 4.52. The number of hydrogen-bond donors (Lipinski definition) is 1. The molecule has 0 aromatic heterocycles. The van der Waals surface area contributed by atoms with Crippen molar-refractivity contribution in [1.29, 1.82) is 0 Å². The summed E-state index contributed by atoms with van der Waals surface area (Å²) < 4.78 is 2.44. The Labute approximate surface area is 62.1 Å². The maximum Gasteiger partial charge on any atom is 0.257 e. The van der Waals surface area contributed by atoms with Gasteiger partial charge in [0.2, 0.25) is 0 Å². The molecule has 4 nitrogen and oxygen atoms in total. The van der Waals surface area contributed by atoms with Crippen LogP contribution >= 0.6 is 0 Å². The molecule has 0 aromatic carbocycles. The first-order valence-corrected chi connectivity index (χ1v) is 4.42. The third kappa shape index (κ3) is 5.43. The lowest BCUT2D eigenvalue weighted by molar-refractivity contribution is -0.301. The minimum Gasteiger partial charge on any atom is -0.545 e. The summed E-state index contributed by atoms with van der Waals surface area (Å²) in [4.78, 5) is 20.3. The zero-order valence-corrected chi connectivity index (χ0v) is 6.66. The molecule has 0 rings (SSSR count). The molecular formula is C5H9NO3S. The van der Waals surface area contributed by atoms with Crippen molar-refractivity contribution in [3.63, 3.8) is 0 Å². The fraction of sp³-hybridized carbons (Fsp3) is 0.600. The second-order valence-corrected chi connectivity index (χ2v) is 3.58. The summed E-state index contributed by atoms with van der Waals surface area (Å²) in [5.41, 5.74) is 0. The number of carbonyl (C=O) groups is 2. The first kappa shape index (κ1) is 9.29. The third-order valence-corrected chi connectivity index (χ3v) is 1.96. The molecule has 1 amide bonds. The van der Waals surface area contributed by atoms with Gasteiger partial charge >= 0.3 is 0 Å². The molecule has 0 spiro atoms. The summed E-state index contributed by atoms with van der Waals surface area (Å²) in [7, 11) is 0. The highest BCUT2D eigenvalue weighted by atomic mass is 32.2. The first-order valence-electron chi connectivity index (χ1n) is 2.62. The van der Waals surface area contributed by atoms with Gasteiger partial charge in [0, 0.05) is 6.92 Å². The molecule has 1 N–H and O–H groups in total. The summed E-state index contributed by atoms with van der Waals surface area (Å²) in [5.74, 6) is -1.47. The topological polar surface area (TPSA) is 69.2 Å².